The summed E-state index contributed by atoms with van der Waals surface area (Å²) in [5, 5.41) is 0. The summed E-state index contributed by atoms with van der Waals surface area (Å²) in [6.45, 7) is 0. The van der Waals surface area contributed by atoms with Crippen LogP contribution in [0.2, 0.25) is 6.04 Å². The Bertz CT molecular complexity index is 287. The molecular weight excluding hydrogens is 379 g/mol. The van der Waals surface area contributed by atoms with Crippen LogP contribution in [0.4, 0.5) is 0 Å². The van der Waals surface area contributed by atoms with E-state index < -0.39 is 14.8 Å². The van der Waals surface area contributed by atoms with E-state index in [-0.39, 0.29) is 0 Å². The fourth-order valence-corrected chi connectivity index (χ4v) is 5.29. The van der Waals surface area contributed by atoms with Crippen LogP contribution in [-0.4, -0.2) is 36.1 Å². The molecule has 0 N–H and O–H groups in total. The quantitative estimate of drug-likeness (QED) is 0.209. The summed E-state index contributed by atoms with van der Waals surface area (Å²) in [7, 11) is 2.64. The second kappa shape index (κ2) is 13.2. The van der Waals surface area contributed by atoms with Crippen LogP contribution in [0.1, 0.15) is 51.4 Å². The predicted octanol–water partition coefficient (Wildman–Crippen LogP) is 5.74. The van der Waals surface area contributed by atoms with Gasteiger partial charge in [0.1, 0.15) is 0 Å². The van der Waals surface area contributed by atoms with Gasteiger partial charge in [0.15, 0.2) is 0 Å². The van der Waals surface area contributed by atoms with Crippen LogP contribution in [0.3, 0.4) is 0 Å². The van der Waals surface area contributed by atoms with Crippen LogP contribution >= 0.6 is 33.2 Å². The zero-order valence-corrected chi connectivity index (χ0v) is 18.1. The molecule has 3 nitrogen and oxygen atoms in total. The molecule has 0 atom stereocenters. The first-order valence-corrected chi connectivity index (χ1v) is 14.8. The molecule has 0 unspecified atom stereocenters. The molecule has 0 saturated heterocycles. The summed E-state index contributed by atoms with van der Waals surface area (Å²) in [5.41, 5.74) is 1.76. The van der Waals surface area contributed by atoms with Gasteiger partial charge in [0.2, 0.25) is 0 Å². The smallest absolute Gasteiger partial charge is 0.377 e. The standard InChI is InChI=1S/C14H29Cl3O3Si2/c1-18-22(19-2,20-3)14-12-10-8-6-4-5-7-9-11-13-21(15,16)17/h11,13H,4-10,12,14H2,1-3H3. The maximum absolute atomic E-state index is 5.77. The maximum Gasteiger partial charge on any atom is 0.500 e. The molecule has 0 aromatic carbocycles. The van der Waals surface area contributed by atoms with Gasteiger partial charge in [-0.3, -0.25) is 0 Å². The van der Waals surface area contributed by atoms with Crippen LogP contribution in [-0.2, 0) is 13.3 Å². The Morgan fingerprint density at radius 2 is 1.18 bits per heavy atom. The van der Waals surface area contributed by atoms with Crippen molar-refractivity contribution in [1.82, 2.24) is 0 Å². The van der Waals surface area contributed by atoms with E-state index >= 15 is 0 Å². The third kappa shape index (κ3) is 12.4. The fraction of sp³-hybridized carbons (Fsp3) is 0.857. The van der Waals surface area contributed by atoms with E-state index in [1.54, 1.807) is 27.0 Å². The van der Waals surface area contributed by atoms with Crippen molar-refractivity contribution in [3.05, 3.63) is 11.8 Å². The SMILES string of the molecule is CO[Si](CCCCCCCCCC=C[Si](Cl)(Cl)Cl)(OC)OC. The molecule has 0 fully saturated rings. The number of rotatable bonds is 14. The van der Waals surface area contributed by atoms with E-state index in [0.29, 0.717) is 0 Å². The normalized spacial score (nSPS) is 13.2. The summed E-state index contributed by atoms with van der Waals surface area (Å²) in [4.78, 5) is 0. The predicted molar refractivity (Wildman–Crippen MR) is 101 cm³/mol. The average Bonchev–Trinajstić information content (AvgIpc) is 2.48. The average molecular weight is 408 g/mol. The van der Waals surface area contributed by atoms with E-state index in [0.717, 1.165) is 18.9 Å². The number of hydrogen-bond acceptors (Lipinski definition) is 3. The van der Waals surface area contributed by atoms with E-state index in [1.165, 1.54) is 38.5 Å². The van der Waals surface area contributed by atoms with Crippen molar-refractivity contribution in [2.24, 2.45) is 0 Å². The number of unbranched alkanes of at least 4 members (excludes halogenated alkanes) is 7. The molecular formula is C14H29Cl3O3Si2. The minimum Gasteiger partial charge on any atom is -0.377 e. The molecule has 0 bridgehead atoms. The fourth-order valence-electron chi connectivity index (χ4n) is 2.26. The molecule has 0 aliphatic carbocycles. The monoisotopic (exact) mass is 406 g/mol. The van der Waals surface area contributed by atoms with Crippen LogP contribution in [0.25, 0.3) is 0 Å². The van der Waals surface area contributed by atoms with E-state index in [4.69, 9.17) is 46.5 Å². The largest absolute Gasteiger partial charge is 0.500 e. The zero-order chi connectivity index (χ0) is 16.9. The molecule has 8 heteroatoms. The zero-order valence-electron chi connectivity index (χ0n) is 13.9. The third-order valence-corrected chi connectivity index (χ3v) is 8.17. The Morgan fingerprint density at radius 3 is 1.64 bits per heavy atom. The minimum absolute atomic E-state index is 0.891. The molecule has 0 aromatic heterocycles. The molecule has 0 radical (unpaired) electrons. The Balaban J connectivity index is 3.46. The van der Waals surface area contributed by atoms with Crippen LogP contribution in [0.15, 0.2) is 11.8 Å². The Labute approximate surface area is 151 Å². The summed E-state index contributed by atoms with van der Waals surface area (Å²) in [6, 6.07) is -1.67. The lowest BCUT2D eigenvalue weighted by atomic mass is 10.1. The maximum atomic E-state index is 5.77. The highest BCUT2D eigenvalue weighted by molar-refractivity contribution is 7.66. The summed E-state index contributed by atoms with van der Waals surface area (Å²) < 4.78 is 16.2. The Morgan fingerprint density at radius 1 is 0.727 bits per heavy atom. The van der Waals surface area contributed by atoms with E-state index in [2.05, 4.69) is 0 Å². The number of halogens is 3. The highest BCUT2D eigenvalue weighted by Crippen LogP contribution is 2.21. The molecule has 0 aliphatic heterocycles. The lowest BCUT2D eigenvalue weighted by Gasteiger charge is -2.24. The molecule has 0 amide bonds. The lowest BCUT2D eigenvalue weighted by molar-refractivity contribution is 0.122. The van der Waals surface area contributed by atoms with Gasteiger partial charge < -0.3 is 13.3 Å². The van der Waals surface area contributed by atoms with Crippen molar-refractivity contribution in [3.8, 4) is 0 Å². The molecule has 0 rings (SSSR count). The number of hydrogen-bond donors (Lipinski definition) is 0. The van der Waals surface area contributed by atoms with Gasteiger partial charge in [-0.1, -0.05) is 43.9 Å². The van der Waals surface area contributed by atoms with Gasteiger partial charge in [0.25, 0.3) is 0 Å². The van der Waals surface area contributed by atoms with Gasteiger partial charge >= 0.3 is 14.8 Å². The molecule has 22 heavy (non-hydrogen) atoms. The van der Waals surface area contributed by atoms with Crippen molar-refractivity contribution in [2.75, 3.05) is 21.3 Å². The van der Waals surface area contributed by atoms with E-state index in [9.17, 15) is 0 Å². The van der Waals surface area contributed by atoms with Gasteiger partial charge in [0, 0.05) is 27.4 Å². The van der Waals surface area contributed by atoms with Crippen molar-refractivity contribution < 1.29 is 13.3 Å². The molecule has 0 saturated carbocycles. The van der Waals surface area contributed by atoms with Gasteiger partial charge in [0.05, 0.1) is 0 Å². The van der Waals surface area contributed by atoms with Gasteiger partial charge in [-0.15, -0.1) is 33.2 Å². The Kier molecular flexibility index (Phi) is 13.8. The van der Waals surface area contributed by atoms with Crippen molar-refractivity contribution >= 4 is 48.0 Å². The Hall–Kier alpha value is 0.924. The van der Waals surface area contributed by atoms with Crippen molar-refractivity contribution in [2.45, 2.75) is 57.4 Å². The van der Waals surface area contributed by atoms with Gasteiger partial charge in [-0.25, -0.2) is 0 Å². The minimum atomic E-state index is -2.56. The van der Waals surface area contributed by atoms with E-state index in [1.807, 2.05) is 6.08 Å². The van der Waals surface area contributed by atoms with Crippen LogP contribution < -0.4 is 0 Å². The molecule has 0 aliphatic rings. The first-order valence-electron chi connectivity index (χ1n) is 7.79. The molecule has 0 heterocycles. The number of allylic oxidation sites excluding steroid dienone is 1. The molecule has 0 aromatic rings. The second-order valence-electron chi connectivity index (χ2n) is 5.25. The van der Waals surface area contributed by atoms with Crippen molar-refractivity contribution in [1.29, 1.82) is 0 Å². The topological polar surface area (TPSA) is 27.7 Å². The van der Waals surface area contributed by atoms with Crippen LogP contribution in [0.5, 0.6) is 0 Å². The summed E-state index contributed by atoms with van der Waals surface area (Å²) >= 11 is 17.3. The van der Waals surface area contributed by atoms with Gasteiger partial charge in [-0.2, -0.15) is 0 Å². The highest BCUT2D eigenvalue weighted by Gasteiger charge is 2.36. The lowest BCUT2D eigenvalue weighted by Crippen LogP contribution is -2.42. The first-order chi connectivity index (χ1) is 10.4. The molecule has 132 valence electrons. The highest BCUT2D eigenvalue weighted by atomic mass is 35.8. The van der Waals surface area contributed by atoms with Crippen LogP contribution in [0, 0.1) is 0 Å². The second-order valence-corrected chi connectivity index (χ2v) is 16.9. The third-order valence-electron chi connectivity index (χ3n) is 3.59. The van der Waals surface area contributed by atoms with Crippen molar-refractivity contribution in [3.63, 3.8) is 0 Å². The summed E-state index contributed by atoms with van der Waals surface area (Å²) in [5.74, 6) is 0. The van der Waals surface area contributed by atoms with Gasteiger partial charge in [-0.05, 0) is 19.3 Å². The summed E-state index contributed by atoms with van der Waals surface area (Å²) in [6.07, 6.45) is 11.5. The molecule has 0 spiro atoms. The first kappa shape index (κ1) is 22.9.